The van der Waals surface area contributed by atoms with Gasteiger partial charge in [0.25, 0.3) is 5.56 Å². The Balaban J connectivity index is 1.23. The predicted molar refractivity (Wildman–Crippen MR) is 131 cm³/mol. The van der Waals surface area contributed by atoms with Crippen molar-refractivity contribution in [2.24, 2.45) is 0 Å². The lowest BCUT2D eigenvalue weighted by Crippen LogP contribution is -2.48. The number of benzene rings is 2. The number of fused-ring (bicyclic) bond motifs is 1. The molecule has 0 bridgehead atoms. The summed E-state index contributed by atoms with van der Waals surface area (Å²) in [6, 6.07) is 16.2. The summed E-state index contributed by atoms with van der Waals surface area (Å²) >= 11 is 0. The van der Waals surface area contributed by atoms with E-state index < -0.39 is 0 Å². The van der Waals surface area contributed by atoms with Gasteiger partial charge >= 0.3 is 0 Å². The first-order valence-corrected chi connectivity index (χ1v) is 11.7. The van der Waals surface area contributed by atoms with Gasteiger partial charge in [-0.1, -0.05) is 30.3 Å². The van der Waals surface area contributed by atoms with E-state index in [1.807, 2.05) is 23.1 Å². The maximum atomic E-state index is 13.3. The molecule has 2 aromatic carbocycles. The first-order chi connectivity index (χ1) is 17.0. The molecule has 0 aliphatic carbocycles. The summed E-state index contributed by atoms with van der Waals surface area (Å²) in [6.07, 6.45) is 1.70. The summed E-state index contributed by atoms with van der Waals surface area (Å²) in [4.78, 5) is 34.8. The molecule has 0 atom stereocenters. The third kappa shape index (κ3) is 4.85. The van der Waals surface area contributed by atoms with Gasteiger partial charge in [0.2, 0.25) is 5.91 Å². The van der Waals surface area contributed by atoms with Gasteiger partial charge in [0.05, 0.1) is 11.9 Å². The van der Waals surface area contributed by atoms with Gasteiger partial charge in [-0.2, -0.15) is 5.10 Å². The molecule has 1 saturated heterocycles. The number of nitrogens with zero attached hydrogens (tertiary/aromatic N) is 6. The van der Waals surface area contributed by atoms with Crippen molar-refractivity contribution in [3.63, 3.8) is 0 Å². The third-order valence-electron chi connectivity index (χ3n) is 6.47. The number of piperazine rings is 1. The normalized spacial score (nSPS) is 14.5. The largest absolute Gasteiger partial charge is 0.340 e. The van der Waals surface area contributed by atoms with Crippen LogP contribution in [0.3, 0.4) is 0 Å². The summed E-state index contributed by atoms with van der Waals surface area (Å²) in [6.45, 7) is 5.91. The fourth-order valence-corrected chi connectivity index (χ4v) is 4.50. The molecule has 0 saturated carbocycles. The molecule has 5 rings (SSSR count). The van der Waals surface area contributed by atoms with Crippen LogP contribution in [0.15, 0.2) is 65.6 Å². The minimum atomic E-state index is -0.348. The molecule has 1 fully saturated rings. The monoisotopic (exact) mass is 474 g/mol. The Hall–Kier alpha value is -3.85. The van der Waals surface area contributed by atoms with Crippen LogP contribution in [0.4, 0.5) is 4.39 Å². The molecule has 1 aliphatic heterocycles. The summed E-state index contributed by atoms with van der Waals surface area (Å²) in [7, 11) is 0. The van der Waals surface area contributed by atoms with E-state index in [2.05, 4.69) is 27.1 Å². The molecule has 8 nitrogen and oxygen atoms in total. The van der Waals surface area contributed by atoms with Crippen molar-refractivity contribution in [2.75, 3.05) is 26.2 Å². The van der Waals surface area contributed by atoms with Crippen LogP contribution in [0.2, 0.25) is 0 Å². The zero-order valence-corrected chi connectivity index (χ0v) is 19.6. The average Bonchev–Trinajstić information content (AvgIpc) is 3.29. The number of amides is 1. The van der Waals surface area contributed by atoms with Crippen LogP contribution in [0.5, 0.6) is 0 Å². The molecule has 1 aliphatic rings. The van der Waals surface area contributed by atoms with E-state index in [-0.39, 0.29) is 30.2 Å². The van der Waals surface area contributed by atoms with Gasteiger partial charge in [-0.15, -0.1) is 0 Å². The first-order valence-electron chi connectivity index (χ1n) is 11.7. The van der Waals surface area contributed by atoms with Gasteiger partial charge in [-0.3, -0.25) is 19.1 Å². The van der Waals surface area contributed by atoms with E-state index in [0.717, 1.165) is 19.6 Å². The van der Waals surface area contributed by atoms with Gasteiger partial charge in [-0.05, 0) is 36.8 Å². The van der Waals surface area contributed by atoms with Crippen molar-refractivity contribution < 1.29 is 9.18 Å². The zero-order chi connectivity index (χ0) is 24.4. The standard InChI is InChI=1S/C26H27FN6O2/c1-19-29-25-23(17-28-33(25)22-9-7-21(27)8-10-22)26(35)32(19)12-11-24(34)31-15-13-30(14-16-31)18-20-5-3-2-4-6-20/h2-10,17H,11-16,18H2,1H3. The van der Waals surface area contributed by atoms with Crippen LogP contribution in [-0.2, 0) is 17.9 Å². The van der Waals surface area contributed by atoms with Gasteiger partial charge in [-0.25, -0.2) is 14.1 Å². The van der Waals surface area contributed by atoms with Crippen molar-refractivity contribution in [1.82, 2.24) is 29.1 Å². The fourth-order valence-electron chi connectivity index (χ4n) is 4.50. The van der Waals surface area contributed by atoms with Gasteiger partial charge in [0, 0.05) is 45.7 Å². The number of aromatic nitrogens is 4. The summed E-state index contributed by atoms with van der Waals surface area (Å²) in [5.41, 5.74) is 2.07. The average molecular weight is 475 g/mol. The Morgan fingerprint density at radius 2 is 1.71 bits per heavy atom. The quantitative estimate of drug-likeness (QED) is 0.430. The Kier molecular flexibility index (Phi) is 6.41. The lowest BCUT2D eigenvalue weighted by atomic mass is 10.2. The number of hydrogen-bond acceptors (Lipinski definition) is 5. The smallest absolute Gasteiger partial charge is 0.264 e. The van der Waals surface area contributed by atoms with Crippen molar-refractivity contribution in [2.45, 2.75) is 26.4 Å². The van der Waals surface area contributed by atoms with E-state index >= 15 is 0 Å². The lowest BCUT2D eigenvalue weighted by Gasteiger charge is -2.35. The molecular weight excluding hydrogens is 447 g/mol. The molecule has 9 heteroatoms. The van der Waals surface area contributed by atoms with Crippen LogP contribution >= 0.6 is 0 Å². The van der Waals surface area contributed by atoms with E-state index in [4.69, 9.17) is 0 Å². The Labute approximate surface area is 202 Å². The molecule has 0 N–H and O–H groups in total. The van der Waals surface area contributed by atoms with Crippen LogP contribution in [0.25, 0.3) is 16.7 Å². The molecule has 4 aromatic rings. The highest BCUT2D eigenvalue weighted by atomic mass is 19.1. The minimum absolute atomic E-state index is 0.0396. The summed E-state index contributed by atoms with van der Waals surface area (Å²) in [5.74, 6) is 0.198. The SMILES string of the molecule is Cc1nc2c(cnn2-c2ccc(F)cc2)c(=O)n1CCC(=O)N1CCN(Cc2ccccc2)CC1. The second-order valence-electron chi connectivity index (χ2n) is 8.78. The predicted octanol–water partition coefficient (Wildman–Crippen LogP) is 2.76. The van der Waals surface area contributed by atoms with Crippen molar-refractivity contribution in [3.05, 3.63) is 88.4 Å². The number of rotatable bonds is 6. The molecule has 0 radical (unpaired) electrons. The first kappa shape index (κ1) is 22.9. The maximum absolute atomic E-state index is 13.3. The molecular formula is C26H27FN6O2. The zero-order valence-electron chi connectivity index (χ0n) is 19.6. The van der Waals surface area contributed by atoms with Crippen molar-refractivity contribution >= 4 is 16.9 Å². The van der Waals surface area contributed by atoms with Gasteiger partial charge in [0.15, 0.2) is 5.65 Å². The second-order valence-corrected chi connectivity index (χ2v) is 8.78. The number of hydrogen-bond donors (Lipinski definition) is 0. The number of halogens is 1. The van der Waals surface area contributed by atoms with E-state index in [0.29, 0.717) is 35.6 Å². The summed E-state index contributed by atoms with van der Waals surface area (Å²) in [5, 5.41) is 4.65. The van der Waals surface area contributed by atoms with Crippen LogP contribution in [-0.4, -0.2) is 61.2 Å². The molecule has 180 valence electrons. The highest BCUT2D eigenvalue weighted by Gasteiger charge is 2.22. The molecule has 35 heavy (non-hydrogen) atoms. The van der Waals surface area contributed by atoms with Crippen LogP contribution in [0, 0.1) is 12.7 Å². The highest BCUT2D eigenvalue weighted by molar-refractivity contribution is 5.77. The van der Waals surface area contributed by atoms with Gasteiger partial charge in [0.1, 0.15) is 17.0 Å². The van der Waals surface area contributed by atoms with Gasteiger partial charge < -0.3 is 4.90 Å². The van der Waals surface area contributed by atoms with Crippen LogP contribution < -0.4 is 5.56 Å². The molecule has 0 unspecified atom stereocenters. The number of carbonyl (C=O) groups is 1. The fraction of sp³-hybridized carbons (Fsp3) is 0.308. The summed E-state index contributed by atoms with van der Waals surface area (Å²) < 4.78 is 16.3. The van der Waals surface area contributed by atoms with Crippen molar-refractivity contribution in [3.8, 4) is 5.69 Å². The second kappa shape index (κ2) is 9.79. The number of aryl methyl sites for hydroxylation is 1. The molecule has 1 amide bonds. The van der Waals surface area contributed by atoms with Crippen LogP contribution in [0.1, 0.15) is 17.8 Å². The van der Waals surface area contributed by atoms with E-state index in [1.54, 1.807) is 19.1 Å². The molecule has 0 spiro atoms. The highest BCUT2D eigenvalue weighted by Crippen LogP contribution is 2.16. The van der Waals surface area contributed by atoms with Crippen molar-refractivity contribution in [1.29, 1.82) is 0 Å². The minimum Gasteiger partial charge on any atom is -0.340 e. The topological polar surface area (TPSA) is 76.3 Å². The molecule has 2 aromatic heterocycles. The lowest BCUT2D eigenvalue weighted by molar-refractivity contribution is -0.133. The van der Waals surface area contributed by atoms with E-state index in [1.165, 1.54) is 33.1 Å². The van der Waals surface area contributed by atoms with E-state index in [9.17, 15) is 14.0 Å². The Morgan fingerprint density at radius 3 is 2.43 bits per heavy atom. The maximum Gasteiger partial charge on any atom is 0.264 e. The molecule has 3 heterocycles. The Morgan fingerprint density at radius 1 is 1.00 bits per heavy atom. The third-order valence-corrected chi connectivity index (χ3v) is 6.47. The number of carbonyl (C=O) groups excluding carboxylic acids is 1. The Bertz CT molecular complexity index is 1390.